The molecule has 1 N–H and O–H groups in total. The second-order valence-electron chi connectivity index (χ2n) is 6.60. The minimum absolute atomic E-state index is 0.0883. The molecule has 2 saturated carbocycles. The Morgan fingerprint density at radius 1 is 1.00 bits per heavy atom. The molecule has 2 fully saturated rings. The number of fused-ring (bicyclic) bond motifs is 1. The lowest BCUT2D eigenvalue weighted by molar-refractivity contribution is -0.268. The number of aliphatic hydroxyl groups is 1. The number of hydrogen-bond acceptors (Lipinski definition) is 3. The number of methoxy groups -OCH3 is 1. The SMILES string of the molecule is COCOC12CCCCC1(C(C)(C)O)CCCC2. The van der Waals surface area contributed by atoms with Crippen molar-refractivity contribution in [1.82, 2.24) is 0 Å². The summed E-state index contributed by atoms with van der Waals surface area (Å²) >= 11 is 0. The molecule has 3 nitrogen and oxygen atoms in total. The zero-order valence-electron chi connectivity index (χ0n) is 12.1. The van der Waals surface area contributed by atoms with Gasteiger partial charge >= 0.3 is 0 Å². The van der Waals surface area contributed by atoms with Gasteiger partial charge in [0, 0.05) is 12.5 Å². The van der Waals surface area contributed by atoms with Gasteiger partial charge in [-0.3, -0.25) is 0 Å². The summed E-state index contributed by atoms with van der Waals surface area (Å²) in [5.41, 5.74) is -0.936. The Kier molecular flexibility index (Phi) is 4.05. The van der Waals surface area contributed by atoms with Crippen molar-refractivity contribution in [2.75, 3.05) is 13.9 Å². The van der Waals surface area contributed by atoms with Gasteiger partial charge in [0.25, 0.3) is 0 Å². The van der Waals surface area contributed by atoms with E-state index in [-0.39, 0.29) is 11.0 Å². The normalized spacial score (nSPS) is 37.3. The zero-order valence-corrected chi connectivity index (χ0v) is 12.1. The Morgan fingerprint density at radius 2 is 1.50 bits per heavy atom. The Labute approximate surface area is 111 Å². The second kappa shape index (κ2) is 5.10. The first-order chi connectivity index (χ1) is 8.47. The van der Waals surface area contributed by atoms with E-state index >= 15 is 0 Å². The van der Waals surface area contributed by atoms with Gasteiger partial charge in [0.15, 0.2) is 0 Å². The van der Waals surface area contributed by atoms with E-state index in [0.29, 0.717) is 6.79 Å². The molecule has 0 aliphatic heterocycles. The van der Waals surface area contributed by atoms with Gasteiger partial charge in [-0.25, -0.2) is 0 Å². The van der Waals surface area contributed by atoms with Crippen molar-refractivity contribution in [2.45, 2.75) is 76.4 Å². The molecule has 0 saturated heterocycles. The van der Waals surface area contributed by atoms with Crippen LogP contribution in [0.5, 0.6) is 0 Å². The van der Waals surface area contributed by atoms with Gasteiger partial charge in [-0.15, -0.1) is 0 Å². The zero-order chi connectivity index (χ0) is 13.3. The van der Waals surface area contributed by atoms with Crippen LogP contribution < -0.4 is 0 Å². The smallest absolute Gasteiger partial charge is 0.147 e. The van der Waals surface area contributed by atoms with E-state index in [9.17, 15) is 5.11 Å². The summed E-state index contributed by atoms with van der Waals surface area (Å²) in [6.07, 6.45) is 9.15. The van der Waals surface area contributed by atoms with E-state index in [2.05, 4.69) is 0 Å². The van der Waals surface area contributed by atoms with Crippen LogP contribution in [0, 0.1) is 5.41 Å². The predicted octanol–water partition coefficient (Wildman–Crippen LogP) is 3.25. The van der Waals surface area contributed by atoms with Crippen molar-refractivity contribution in [1.29, 1.82) is 0 Å². The maximum Gasteiger partial charge on any atom is 0.147 e. The molecule has 0 amide bonds. The topological polar surface area (TPSA) is 38.7 Å². The highest BCUT2D eigenvalue weighted by Gasteiger charge is 2.61. The molecule has 18 heavy (non-hydrogen) atoms. The molecule has 0 unspecified atom stereocenters. The van der Waals surface area contributed by atoms with Crippen LogP contribution in [0.4, 0.5) is 0 Å². The lowest BCUT2D eigenvalue weighted by Gasteiger charge is -2.61. The van der Waals surface area contributed by atoms with Crippen molar-refractivity contribution in [3.8, 4) is 0 Å². The van der Waals surface area contributed by atoms with Crippen molar-refractivity contribution in [2.24, 2.45) is 5.41 Å². The third-order valence-corrected chi connectivity index (χ3v) is 5.36. The molecule has 0 atom stereocenters. The number of rotatable bonds is 4. The van der Waals surface area contributed by atoms with Crippen LogP contribution in [0.3, 0.4) is 0 Å². The maximum atomic E-state index is 10.8. The second-order valence-corrected chi connectivity index (χ2v) is 6.60. The third-order valence-electron chi connectivity index (χ3n) is 5.36. The quantitative estimate of drug-likeness (QED) is 0.785. The predicted molar refractivity (Wildman–Crippen MR) is 71.4 cm³/mol. The molecule has 0 aromatic carbocycles. The maximum absolute atomic E-state index is 10.8. The monoisotopic (exact) mass is 256 g/mol. The summed E-state index contributed by atoms with van der Waals surface area (Å²) in [4.78, 5) is 0. The van der Waals surface area contributed by atoms with Gasteiger partial charge in [0.05, 0.1) is 11.2 Å². The summed E-state index contributed by atoms with van der Waals surface area (Å²) in [6, 6.07) is 0. The van der Waals surface area contributed by atoms with Gasteiger partial charge in [0.2, 0.25) is 0 Å². The molecule has 106 valence electrons. The van der Waals surface area contributed by atoms with Crippen LogP contribution in [-0.2, 0) is 9.47 Å². The van der Waals surface area contributed by atoms with E-state index in [1.54, 1.807) is 7.11 Å². The van der Waals surface area contributed by atoms with E-state index < -0.39 is 5.60 Å². The van der Waals surface area contributed by atoms with Crippen LogP contribution in [0.1, 0.15) is 65.2 Å². The summed E-state index contributed by atoms with van der Waals surface area (Å²) in [5, 5.41) is 10.8. The molecular formula is C15H28O3. The molecule has 0 aromatic heterocycles. The average molecular weight is 256 g/mol. The Balaban J connectivity index is 2.34. The van der Waals surface area contributed by atoms with Gasteiger partial charge < -0.3 is 14.6 Å². The fourth-order valence-corrected chi connectivity index (χ4v) is 4.48. The minimum atomic E-state index is -0.679. The van der Waals surface area contributed by atoms with Gasteiger partial charge in [-0.05, 0) is 39.5 Å². The highest BCUT2D eigenvalue weighted by molar-refractivity contribution is 5.11. The lowest BCUT2D eigenvalue weighted by Crippen LogP contribution is -2.63. The molecule has 0 aromatic rings. The Morgan fingerprint density at radius 3 is 1.94 bits per heavy atom. The first kappa shape index (κ1) is 14.3. The van der Waals surface area contributed by atoms with Crippen molar-refractivity contribution < 1.29 is 14.6 Å². The fraction of sp³-hybridized carbons (Fsp3) is 1.00. The van der Waals surface area contributed by atoms with Crippen LogP contribution in [-0.4, -0.2) is 30.2 Å². The van der Waals surface area contributed by atoms with E-state index in [1.807, 2.05) is 13.8 Å². The fourth-order valence-electron chi connectivity index (χ4n) is 4.48. The van der Waals surface area contributed by atoms with E-state index in [0.717, 1.165) is 25.7 Å². The average Bonchev–Trinajstić information content (AvgIpc) is 2.35. The molecule has 2 rings (SSSR count). The summed E-state index contributed by atoms with van der Waals surface area (Å²) < 4.78 is 11.3. The standard InChI is InChI=1S/C15H28O3/c1-13(2,16)14-8-4-6-10-15(14,18-12-17-3)11-7-5-9-14/h16H,4-12H2,1-3H3. The summed E-state index contributed by atoms with van der Waals surface area (Å²) in [7, 11) is 1.67. The minimum Gasteiger partial charge on any atom is -0.390 e. The first-order valence-corrected chi connectivity index (χ1v) is 7.33. The third kappa shape index (κ3) is 2.10. The Bertz CT molecular complexity index is 268. The molecular weight excluding hydrogens is 228 g/mol. The molecule has 3 heteroatoms. The Hall–Kier alpha value is -0.120. The van der Waals surface area contributed by atoms with Gasteiger partial charge in [0.1, 0.15) is 6.79 Å². The van der Waals surface area contributed by atoms with E-state index in [1.165, 1.54) is 25.7 Å². The van der Waals surface area contributed by atoms with Crippen molar-refractivity contribution in [3.05, 3.63) is 0 Å². The van der Waals surface area contributed by atoms with Crippen LogP contribution in [0.25, 0.3) is 0 Å². The van der Waals surface area contributed by atoms with Gasteiger partial charge in [-0.2, -0.15) is 0 Å². The van der Waals surface area contributed by atoms with Crippen LogP contribution >= 0.6 is 0 Å². The summed E-state index contributed by atoms with van der Waals surface area (Å²) in [6.45, 7) is 4.28. The number of hydrogen-bond donors (Lipinski definition) is 1. The highest BCUT2D eigenvalue weighted by Crippen LogP contribution is 2.60. The molecule has 2 aliphatic carbocycles. The molecule has 0 radical (unpaired) electrons. The number of ether oxygens (including phenoxy) is 2. The van der Waals surface area contributed by atoms with Crippen LogP contribution in [0.2, 0.25) is 0 Å². The first-order valence-electron chi connectivity index (χ1n) is 7.33. The van der Waals surface area contributed by atoms with Crippen molar-refractivity contribution in [3.63, 3.8) is 0 Å². The molecule has 2 aliphatic rings. The van der Waals surface area contributed by atoms with Crippen molar-refractivity contribution >= 4 is 0 Å². The largest absolute Gasteiger partial charge is 0.390 e. The summed E-state index contributed by atoms with van der Waals surface area (Å²) in [5.74, 6) is 0. The van der Waals surface area contributed by atoms with Gasteiger partial charge in [-0.1, -0.05) is 25.7 Å². The molecule has 0 spiro atoms. The molecule has 0 bridgehead atoms. The van der Waals surface area contributed by atoms with E-state index in [4.69, 9.17) is 9.47 Å². The molecule has 0 heterocycles. The van der Waals surface area contributed by atoms with Crippen LogP contribution in [0.15, 0.2) is 0 Å². The lowest BCUT2D eigenvalue weighted by atomic mass is 9.50. The highest BCUT2D eigenvalue weighted by atomic mass is 16.7.